The van der Waals surface area contributed by atoms with Crippen molar-refractivity contribution >= 4 is 13.7 Å². The van der Waals surface area contributed by atoms with Crippen LogP contribution in [0.25, 0.3) is 0 Å². The molecule has 0 aromatic rings. The molecule has 0 aliphatic carbocycles. The number of amides is 1. The van der Waals surface area contributed by atoms with E-state index in [1.165, 1.54) is 205 Å². The van der Waals surface area contributed by atoms with E-state index in [0.29, 0.717) is 17.4 Å². The minimum atomic E-state index is -4.34. The van der Waals surface area contributed by atoms with Gasteiger partial charge < -0.3 is 19.8 Å². The van der Waals surface area contributed by atoms with Gasteiger partial charge in [-0.15, -0.1) is 0 Å². The quantitative estimate of drug-likeness (QED) is 0.0243. The first-order valence-electron chi connectivity index (χ1n) is 27.2. The number of aliphatic hydroxyl groups is 1. The fraction of sp³-hybridized carbons (Fsp3) is 0.907. The molecule has 0 saturated carbocycles. The lowest BCUT2D eigenvalue weighted by Gasteiger charge is -2.25. The Labute approximate surface area is 392 Å². The van der Waals surface area contributed by atoms with Gasteiger partial charge in [-0.25, -0.2) is 4.57 Å². The molecular weight excluding hydrogens is 804 g/mol. The van der Waals surface area contributed by atoms with Crippen LogP contribution in [0.1, 0.15) is 264 Å². The van der Waals surface area contributed by atoms with E-state index in [9.17, 15) is 19.4 Å². The maximum absolute atomic E-state index is 12.9. The number of hydrogen-bond acceptors (Lipinski definition) is 5. The van der Waals surface area contributed by atoms with Crippen LogP contribution in [0.3, 0.4) is 0 Å². The van der Waals surface area contributed by atoms with Crippen molar-refractivity contribution in [2.24, 2.45) is 0 Å². The summed E-state index contributed by atoms with van der Waals surface area (Å²) in [6, 6.07) is -0.846. The van der Waals surface area contributed by atoms with Gasteiger partial charge in [0.15, 0.2) is 0 Å². The highest BCUT2D eigenvalue weighted by atomic mass is 31.2. The summed E-state index contributed by atoms with van der Waals surface area (Å²) in [4.78, 5) is 23.2. The Balaban J connectivity index is 4.23. The average Bonchev–Trinajstić information content (AvgIpc) is 3.24. The van der Waals surface area contributed by atoms with Crippen LogP contribution in [0, 0.1) is 0 Å². The Hall–Kier alpha value is -1.02. The number of rotatable bonds is 50. The molecule has 0 rings (SSSR count). The van der Waals surface area contributed by atoms with E-state index >= 15 is 0 Å². The van der Waals surface area contributed by atoms with Crippen LogP contribution in [0.15, 0.2) is 24.3 Å². The third-order valence-corrected chi connectivity index (χ3v) is 13.4. The molecule has 3 unspecified atom stereocenters. The molecule has 0 saturated heterocycles. The van der Waals surface area contributed by atoms with Crippen molar-refractivity contribution in [3.8, 4) is 0 Å². The summed E-state index contributed by atoms with van der Waals surface area (Å²) < 4.78 is 23.7. The summed E-state index contributed by atoms with van der Waals surface area (Å²) in [5.41, 5.74) is 0. The summed E-state index contributed by atoms with van der Waals surface area (Å²) in [5, 5.41) is 13.9. The van der Waals surface area contributed by atoms with Gasteiger partial charge in [0.2, 0.25) is 5.91 Å². The van der Waals surface area contributed by atoms with Crippen LogP contribution in [0.4, 0.5) is 0 Å². The number of nitrogens with one attached hydrogen (secondary N) is 1. The molecule has 0 fully saturated rings. The highest BCUT2D eigenvalue weighted by molar-refractivity contribution is 7.47. The summed E-state index contributed by atoms with van der Waals surface area (Å²) in [7, 11) is 1.58. The monoisotopic (exact) mass is 912 g/mol. The molecule has 374 valence electrons. The molecule has 0 aliphatic heterocycles. The molecule has 1 amide bonds. The van der Waals surface area contributed by atoms with E-state index in [2.05, 4.69) is 31.3 Å². The Morgan fingerprint density at radius 2 is 0.857 bits per heavy atom. The highest BCUT2D eigenvalue weighted by Gasteiger charge is 2.27. The van der Waals surface area contributed by atoms with Crippen molar-refractivity contribution in [1.29, 1.82) is 0 Å². The van der Waals surface area contributed by atoms with Crippen LogP contribution in [0.5, 0.6) is 0 Å². The number of quaternary nitrogens is 1. The lowest BCUT2D eigenvalue weighted by Crippen LogP contribution is -2.45. The van der Waals surface area contributed by atoms with Crippen molar-refractivity contribution in [1.82, 2.24) is 5.32 Å². The van der Waals surface area contributed by atoms with E-state index < -0.39 is 20.0 Å². The van der Waals surface area contributed by atoms with Gasteiger partial charge in [-0.05, 0) is 44.9 Å². The second-order valence-corrected chi connectivity index (χ2v) is 21.4. The van der Waals surface area contributed by atoms with E-state index in [-0.39, 0.29) is 19.1 Å². The number of aliphatic hydroxyl groups excluding tert-OH is 1. The summed E-state index contributed by atoms with van der Waals surface area (Å²) >= 11 is 0. The van der Waals surface area contributed by atoms with Gasteiger partial charge in [0.05, 0.1) is 39.9 Å². The van der Waals surface area contributed by atoms with Crippen LogP contribution < -0.4 is 5.32 Å². The second-order valence-electron chi connectivity index (χ2n) is 20.0. The lowest BCUT2D eigenvalue weighted by molar-refractivity contribution is -0.870. The van der Waals surface area contributed by atoms with E-state index in [1.54, 1.807) is 6.08 Å². The van der Waals surface area contributed by atoms with Gasteiger partial charge in [-0.1, -0.05) is 237 Å². The van der Waals surface area contributed by atoms with E-state index in [0.717, 1.165) is 38.5 Å². The van der Waals surface area contributed by atoms with Crippen molar-refractivity contribution in [3.63, 3.8) is 0 Å². The molecule has 0 heterocycles. The Morgan fingerprint density at radius 3 is 1.22 bits per heavy atom. The van der Waals surface area contributed by atoms with Crippen LogP contribution in [0.2, 0.25) is 0 Å². The SMILES string of the molecule is CCCCCCCCCCCCCC/C=C\CCCCCCCCCCC(=O)NC(COP(=O)(O)OCC[N+](C)(C)C)C(O)/C=C/CCCCCCCCCCCCCCCCC. The van der Waals surface area contributed by atoms with Gasteiger partial charge in [0, 0.05) is 6.42 Å². The zero-order valence-corrected chi connectivity index (χ0v) is 43.5. The highest BCUT2D eigenvalue weighted by Crippen LogP contribution is 2.43. The number of phosphoric ester groups is 1. The molecule has 3 N–H and O–H groups in total. The van der Waals surface area contributed by atoms with Gasteiger partial charge in [-0.3, -0.25) is 13.8 Å². The summed E-state index contributed by atoms with van der Waals surface area (Å²) in [5.74, 6) is -0.177. The molecule has 3 atom stereocenters. The molecule has 9 heteroatoms. The summed E-state index contributed by atoms with van der Waals surface area (Å²) in [6.07, 6.45) is 56.9. The molecule has 0 aromatic carbocycles. The fourth-order valence-electron chi connectivity index (χ4n) is 8.10. The number of likely N-dealkylation sites (N-methyl/N-ethyl adjacent to an activating group) is 1. The zero-order chi connectivity index (χ0) is 46.4. The molecule has 0 aromatic heterocycles. The van der Waals surface area contributed by atoms with Crippen molar-refractivity contribution in [2.75, 3.05) is 40.9 Å². The molecule has 63 heavy (non-hydrogen) atoms. The minimum Gasteiger partial charge on any atom is -0.387 e. The Kier molecular flexibility index (Phi) is 45.4. The van der Waals surface area contributed by atoms with Crippen LogP contribution >= 0.6 is 7.82 Å². The third-order valence-electron chi connectivity index (χ3n) is 12.4. The third kappa shape index (κ3) is 48.7. The number of allylic oxidation sites excluding steroid dienone is 3. The summed E-state index contributed by atoms with van der Waals surface area (Å²) in [6.45, 7) is 4.85. The normalized spacial score (nSPS) is 14.2. The number of nitrogens with zero attached hydrogens (tertiary/aromatic N) is 1. The number of unbranched alkanes of at least 4 members (excludes halogenated alkanes) is 35. The number of phosphoric acid groups is 1. The predicted octanol–water partition coefficient (Wildman–Crippen LogP) is 16.0. The van der Waals surface area contributed by atoms with Gasteiger partial charge in [0.25, 0.3) is 0 Å². The molecular formula is C54H108N2O6P+. The topological polar surface area (TPSA) is 105 Å². The van der Waals surface area contributed by atoms with Crippen LogP contribution in [-0.2, 0) is 18.4 Å². The maximum Gasteiger partial charge on any atom is 0.472 e. The fourth-order valence-corrected chi connectivity index (χ4v) is 8.83. The maximum atomic E-state index is 12.9. The number of carbonyl (C=O) groups is 1. The molecule has 0 spiro atoms. The molecule has 0 bridgehead atoms. The molecule has 0 radical (unpaired) electrons. The number of hydrogen-bond donors (Lipinski definition) is 3. The largest absolute Gasteiger partial charge is 0.472 e. The van der Waals surface area contributed by atoms with Crippen LogP contribution in [-0.4, -0.2) is 73.4 Å². The van der Waals surface area contributed by atoms with E-state index in [1.807, 2.05) is 27.2 Å². The smallest absolute Gasteiger partial charge is 0.387 e. The first kappa shape index (κ1) is 62.0. The van der Waals surface area contributed by atoms with Gasteiger partial charge >= 0.3 is 7.82 Å². The Bertz CT molecular complexity index is 1080. The zero-order valence-electron chi connectivity index (χ0n) is 42.6. The average molecular weight is 912 g/mol. The predicted molar refractivity (Wildman–Crippen MR) is 272 cm³/mol. The standard InChI is InChI=1S/C54H107N2O6P/c1-6-8-10-12-14-16-18-20-22-24-25-26-27-28-29-30-32-34-36-38-40-42-44-46-48-54(58)55-52(51-62-63(59,60)61-50-49-56(3,4)5)53(57)47-45-43-41-39-37-35-33-31-23-21-19-17-15-13-11-9-7-2/h28-29,45,47,52-53,57H,6-27,30-44,46,48-51H2,1-5H3,(H-,55,58,59,60)/p+1/b29-28-,47-45+. The van der Waals surface area contributed by atoms with Crippen molar-refractivity contribution < 1.29 is 32.9 Å². The lowest BCUT2D eigenvalue weighted by atomic mass is 10.0. The minimum absolute atomic E-state index is 0.0624. The first-order chi connectivity index (χ1) is 30.5. The van der Waals surface area contributed by atoms with Crippen molar-refractivity contribution in [3.05, 3.63) is 24.3 Å². The van der Waals surface area contributed by atoms with Gasteiger partial charge in [-0.2, -0.15) is 0 Å². The van der Waals surface area contributed by atoms with Gasteiger partial charge in [0.1, 0.15) is 13.2 Å². The van der Waals surface area contributed by atoms with E-state index in [4.69, 9.17) is 9.05 Å². The second kappa shape index (κ2) is 46.1. The number of carbonyl (C=O) groups excluding carboxylic acids is 1. The first-order valence-corrected chi connectivity index (χ1v) is 28.7. The molecule has 8 nitrogen and oxygen atoms in total. The molecule has 0 aliphatic rings. The Morgan fingerprint density at radius 1 is 0.524 bits per heavy atom. The van der Waals surface area contributed by atoms with Crippen molar-refractivity contribution in [2.45, 2.75) is 276 Å².